The molecule has 0 nitrogen and oxygen atoms in total. The Morgan fingerprint density at radius 1 is 1.09 bits per heavy atom. The minimum atomic E-state index is 1.24. The number of hydrogen-bond acceptors (Lipinski definition) is 0. The first kappa shape index (κ1) is 11.0. The maximum atomic E-state index is 2.44. The molecule has 0 saturated heterocycles. The number of unbranched alkanes of at least 4 members (excludes halogenated alkanes) is 2. The van der Waals surface area contributed by atoms with Crippen molar-refractivity contribution in [1.82, 2.24) is 0 Å². The summed E-state index contributed by atoms with van der Waals surface area (Å²) in [5, 5.41) is 0. The van der Waals surface area contributed by atoms with Gasteiger partial charge in [-0.15, -0.1) is 5.70 Å². The molecular weight excluding hydrogens is 148 g/mol. The Hall–Kier alpha value is -0.0431. The zero-order chi connectivity index (χ0) is 8.53. The van der Waals surface area contributed by atoms with Crippen molar-refractivity contribution in [3.63, 3.8) is 0 Å². The van der Waals surface area contributed by atoms with Crippen LogP contribution in [0.4, 0.5) is 0 Å². The van der Waals surface area contributed by atoms with E-state index in [4.69, 9.17) is 0 Å². The molecule has 0 atom stereocenters. The molecule has 66 valence electrons. The Bertz CT molecular complexity index is 95.4. The van der Waals surface area contributed by atoms with Gasteiger partial charge >= 0.3 is 0 Å². The summed E-state index contributed by atoms with van der Waals surface area (Å²) >= 11 is 0. The highest BCUT2D eigenvalue weighted by atomic mass is 28.1. The molecule has 0 bridgehead atoms. The van der Waals surface area contributed by atoms with Crippen LogP contribution in [0.2, 0.25) is 0 Å². The van der Waals surface area contributed by atoms with Crippen LogP contribution in [0, 0.1) is 0 Å². The highest BCUT2D eigenvalue weighted by Crippen LogP contribution is 2.13. The molecule has 0 radical (unpaired) electrons. The summed E-state index contributed by atoms with van der Waals surface area (Å²) in [6, 6.07) is 0. The molecule has 0 amide bonds. The third-order valence-corrected chi connectivity index (χ3v) is 2.93. The van der Waals surface area contributed by atoms with Crippen molar-refractivity contribution in [2.75, 3.05) is 0 Å². The van der Waals surface area contributed by atoms with Gasteiger partial charge in [-0.3, -0.25) is 0 Å². The molecule has 11 heavy (non-hydrogen) atoms. The van der Waals surface area contributed by atoms with E-state index in [1.165, 1.54) is 48.8 Å². The van der Waals surface area contributed by atoms with Crippen LogP contribution >= 0.6 is 0 Å². The Kier molecular flexibility index (Phi) is 8.03. The van der Waals surface area contributed by atoms with Crippen molar-refractivity contribution in [2.24, 2.45) is 0 Å². The van der Waals surface area contributed by atoms with Gasteiger partial charge in [-0.1, -0.05) is 32.3 Å². The highest BCUT2D eigenvalue weighted by molar-refractivity contribution is 6.17. The molecule has 0 aliphatic rings. The SMILES string of the molecule is CCCCC(=C[SiH3])CCCC. The number of allylic oxidation sites excluding steroid dienone is 1. The Balaban J connectivity index is 3.43. The molecule has 0 aromatic carbocycles. The first-order valence-electron chi connectivity index (χ1n) is 4.99. The maximum absolute atomic E-state index is 2.44. The van der Waals surface area contributed by atoms with Crippen molar-refractivity contribution in [3.8, 4) is 0 Å². The van der Waals surface area contributed by atoms with E-state index in [9.17, 15) is 0 Å². The second kappa shape index (κ2) is 8.06. The fraction of sp³-hybridized carbons (Fsp3) is 0.800. The van der Waals surface area contributed by atoms with Crippen LogP contribution < -0.4 is 0 Å². The highest BCUT2D eigenvalue weighted by Gasteiger charge is 1.93. The van der Waals surface area contributed by atoms with E-state index in [2.05, 4.69) is 19.5 Å². The fourth-order valence-electron chi connectivity index (χ4n) is 1.22. The van der Waals surface area contributed by atoms with Crippen LogP contribution in [0.1, 0.15) is 52.4 Å². The molecule has 0 heterocycles. The third-order valence-electron chi connectivity index (χ3n) is 2.11. The molecule has 0 aromatic rings. The van der Waals surface area contributed by atoms with E-state index >= 15 is 0 Å². The van der Waals surface area contributed by atoms with Gasteiger partial charge < -0.3 is 0 Å². The van der Waals surface area contributed by atoms with Crippen LogP contribution in [0.15, 0.2) is 11.3 Å². The van der Waals surface area contributed by atoms with Gasteiger partial charge in [0.05, 0.1) is 0 Å². The molecule has 1 heteroatoms. The summed E-state index contributed by atoms with van der Waals surface area (Å²) in [6.07, 6.45) is 8.17. The van der Waals surface area contributed by atoms with Gasteiger partial charge in [0.15, 0.2) is 0 Å². The van der Waals surface area contributed by atoms with Gasteiger partial charge in [0.1, 0.15) is 0 Å². The van der Waals surface area contributed by atoms with Crippen molar-refractivity contribution >= 4 is 10.2 Å². The number of hydrogen-bond donors (Lipinski definition) is 0. The summed E-state index contributed by atoms with van der Waals surface area (Å²) in [5.41, 5.74) is 4.16. The summed E-state index contributed by atoms with van der Waals surface area (Å²) in [7, 11) is 1.24. The van der Waals surface area contributed by atoms with E-state index in [1.807, 2.05) is 0 Å². The van der Waals surface area contributed by atoms with E-state index in [-0.39, 0.29) is 0 Å². The zero-order valence-electron chi connectivity index (χ0n) is 8.32. The molecule has 0 fully saturated rings. The summed E-state index contributed by atoms with van der Waals surface area (Å²) in [6.45, 7) is 4.54. The molecule has 0 N–H and O–H groups in total. The molecule has 0 spiro atoms. The van der Waals surface area contributed by atoms with E-state index < -0.39 is 0 Å². The van der Waals surface area contributed by atoms with Gasteiger partial charge in [-0.25, -0.2) is 0 Å². The number of rotatable bonds is 6. The molecule has 0 aliphatic carbocycles. The molecular formula is C10H22Si. The van der Waals surface area contributed by atoms with Gasteiger partial charge in [0, 0.05) is 10.2 Å². The first-order valence-corrected chi connectivity index (χ1v) is 6.14. The lowest BCUT2D eigenvalue weighted by atomic mass is 10.1. The molecule has 0 aromatic heterocycles. The van der Waals surface area contributed by atoms with Crippen LogP contribution in [0.25, 0.3) is 0 Å². The zero-order valence-corrected chi connectivity index (χ0v) is 10.3. The predicted octanol–water partition coefficient (Wildman–Crippen LogP) is 2.62. The lowest BCUT2D eigenvalue weighted by Gasteiger charge is -2.04. The standard InChI is InChI=1S/C10H22Si/c1-3-5-7-10(9-11)8-6-4-2/h9H,3-8H2,1-2,11H3. The van der Waals surface area contributed by atoms with E-state index in [0.717, 1.165) is 0 Å². The maximum Gasteiger partial charge on any atom is 0.0290 e. The fourth-order valence-corrected chi connectivity index (χ4v) is 1.80. The first-order chi connectivity index (χ1) is 5.35. The van der Waals surface area contributed by atoms with Gasteiger partial charge in [0.25, 0.3) is 0 Å². The quantitative estimate of drug-likeness (QED) is 0.538. The van der Waals surface area contributed by atoms with Crippen LogP contribution in [-0.4, -0.2) is 10.2 Å². The minimum Gasteiger partial charge on any atom is -0.106 e. The second-order valence-electron chi connectivity index (χ2n) is 3.15. The van der Waals surface area contributed by atoms with E-state index in [0.29, 0.717) is 0 Å². The van der Waals surface area contributed by atoms with Crippen molar-refractivity contribution in [3.05, 3.63) is 11.3 Å². The summed E-state index contributed by atoms with van der Waals surface area (Å²) < 4.78 is 0. The lowest BCUT2D eigenvalue weighted by molar-refractivity contribution is 0.714. The van der Waals surface area contributed by atoms with Gasteiger partial charge in [-0.2, -0.15) is 0 Å². The lowest BCUT2D eigenvalue weighted by Crippen LogP contribution is -1.85. The predicted molar refractivity (Wildman–Crippen MR) is 57.1 cm³/mol. The van der Waals surface area contributed by atoms with E-state index in [1.54, 1.807) is 5.57 Å². The Morgan fingerprint density at radius 3 is 1.82 bits per heavy atom. The van der Waals surface area contributed by atoms with Gasteiger partial charge in [-0.05, 0) is 25.7 Å². The monoisotopic (exact) mass is 170 g/mol. The molecule has 0 unspecified atom stereocenters. The van der Waals surface area contributed by atoms with Crippen molar-refractivity contribution in [2.45, 2.75) is 52.4 Å². The third kappa shape index (κ3) is 6.36. The topological polar surface area (TPSA) is 0 Å². The molecule has 0 rings (SSSR count). The van der Waals surface area contributed by atoms with Gasteiger partial charge in [0.2, 0.25) is 0 Å². The van der Waals surface area contributed by atoms with Crippen molar-refractivity contribution in [1.29, 1.82) is 0 Å². The van der Waals surface area contributed by atoms with Crippen LogP contribution in [0.5, 0.6) is 0 Å². The van der Waals surface area contributed by atoms with Crippen molar-refractivity contribution < 1.29 is 0 Å². The largest absolute Gasteiger partial charge is 0.106 e. The Morgan fingerprint density at radius 2 is 1.55 bits per heavy atom. The smallest absolute Gasteiger partial charge is 0.0290 e. The normalized spacial score (nSPS) is 10.0. The minimum absolute atomic E-state index is 1.24. The molecule has 0 saturated carbocycles. The average Bonchev–Trinajstić information content (AvgIpc) is 2.05. The molecule has 0 aliphatic heterocycles. The summed E-state index contributed by atoms with van der Waals surface area (Å²) in [5.74, 6) is 0. The Labute approximate surface area is 74.5 Å². The van der Waals surface area contributed by atoms with Crippen LogP contribution in [-0.2, 0) is 0 Å². The second-order valence-corrected chi connectivity index (χ2v) is 3.73. The summed E-state index contributed by atoms with van der Waals surface area (Å²) in [4.78, 5) is 0. The average molecular weight is 170 g/mol. The van der Waals surface area contributed by atoms with Crippen LogP contribution in [0.3, 0.4) is 0 Å².